The van der Waals surface area contributed by atoms with Crippen molar-refractivity contribution in [2.45, 2.75) is 30.4 Å². The lowest BCUT2D eigenvalue weighted by atomic mass is 10.2. The molecule has 1 fully saturated rings. The molecule has 0 radical (unpaired) electrons. The minimum atomic E-state index is -3.09. The maximum Gasteiger partial charge on any atom is 0.194 e. The second kappa shape index (κ2) is 10.0. The molecule has 1 aromatic rings. The highest BCUT2D eigenvalue weighted by atomic mass is 127. The first kappa shape index (κ1) is 23.4. The van der Waals surface area contributed by atoms with Crippen LogP contribution in [0.3, 0.4) is 0 Å². The number of guanidine groups is 1. The van der Waals surface area contributed by atoms with Crippen molar-refractivity contribution in [3.8, 4) is 0 Å². The van der Waals surface area contributed by atoms with Gasteiger partial charge in [0.25, 0.3) is 0 Å². The van der Waals surface area contributed by atoms with Crippen molar-refractivity contribution in [3.05, 3.63) is 30.3 Å². The number of aliphatic imine (C=N–C) groups is 1. The molecule has 0 amide bonds. The van der Waals surface area contributed by atoms with Gasteiger partial charge in [0.1, 0.15) is 0 Å². The first-order chi connectivity index (χ1) is 11.8. The smallest absolute Gasteiger partial charge is 0.194 e. The molecule has 26 heavy (non-hydrogen) atoms. The Morgan fingerprint density at radius 1 is 1.31 bits per heavy atom. The zero-order valence-corrected chi connectivity index (χ0v) is 19.4. The second-order valence-corrected chi connectivity index (χ2v) is 10.9. The summed E-state index contributed by atoms with van der Waals surface area (Å²) in [5.74, 6) is 1.25. The van der Waals surface area contributed by atoms with Crippen molar-refractivity contribution >= 4 is 50.6 Å². The molecule has 1 aliphatic rings. The van der Waals surface area contributed by atoms with Gasteiger partial charge in [-0.2, -0.15) is 0 Å². The number of sulfone groups is 1. The van der Waals surface area contributed by atoms with Crippen LogP contribution in [0.1, 0.15) is 20.8 Å². The summed E-state index contributed by atoms with van der Waals surface area (Å²) in [5.41, 5.74) is 0. The molecular weight excluding hydrogens is 485 g/mol. The standard InChI is InChI=1S/C17H27N3O3S2.HI/c1-4-18-16(20-11-13-25(22,23)17(2,3)14-20)19-10-12-24(21)15-8-6-5-7-9-15;/h5-9H,4,10-14H2,1-3H3,(H,18,19);1H. The van der Waals surface area contributed by atoms with E-state index < -0.39 is 25.4 Å². The molecule has 0 saturated carbocycles. The summed E-state index contributed by atoms with van der Waals surface area (Å²) >= 11 is 0. The monoisotopic (exact) mass is 513 g/mol. The van der Waals surface area contributed by atoms with Gasteiger partial charge in [0.2, 0.25) is 0 Å². The fourth-order valence-corrected chi connectivity index (χ4v) is 4.99. The summed E-state index contributed by atoms with van der Waals surface area (Å²) in [6.45, 7) is 7.44. The SMILES string of the molecule is CCNC(=NCCS(=O)c1ccccc1)N1CCS(=O)(=O)C(C)(C)C1.I. The van der Waals surface area contributed by atoms with Gasteiger partial charge in [-0.05, 0) is 32.9 Å². The molecule has 9 heteroatoms. The molecule has 6 nitrogen and oxygen atoms in total. The molecule has 0 aromatic heterocycles. The summed E-state index contributed by atoms with van der Waals surface area (Å²) in [6.07, 6.45) is 0. The fourth-order valence-electron chi connectivity index (χ4n) is 2.67. The largest absolute Gasteiger partial charge is 0.357 e. The van der Waals surface area contributed by atoms with E-state index in [1.807, 2.05) is 42.2 Å². The van der Waals surface area contributed by atoms with E-state index >= 15 is 0 Å². The number of rotatable bonds is 5. The Balaban J connectivity index is 0.00000338. The van der Waals surface area contributed by atoms with Crippen molar-refractivity contribution in [1.29, 1.82) is 0 Å². The molecule has 1 N–H and O–H groups in total. The van der Waals surface area contributed by atoms with E-state index in [0.717, 1.165) is 4.90 Å². The number of hydrogen-bond donors (Lipinski definition) is 1. The normalized spacial score (nSPS) is 20.1. The molecule has 1 saturated heterocycles. The highest BCUT2D eigenvalue weighted by molar-refractivity contribution is 14.0. The minimum absolute atomic E-state index is 0. The van der Waals surface area contributed by atoms with Crippen LogP contribution in [0.4, 0.5) is 0 Å². The Kier molecular flexibility index (Phi) is 9.01. The zero-order valence-electron chi connectivity index (χ0n) is 15.5. The predicted molar refractivity (Wildman–Crippen MR) is 119 cm³/mol. The maximum atomic E-state index is 12.3. The van der Waals surface area contributed by atoms with Gasteiger partial charge in [0.15, 0.2) is 15.8 Å². The molecule has 0 bridgehead atoms. The number of halogens is 1. The number of hydrogen-bond acceptors (Lipinski definition) is 4. The third-order valence-corrected chi connectivity index (χ3v) is 8.11. The predicted octanol–water partition coefficient (Wildman–Crippen LogP) is 1.89. The molecular formula is C17H28IN3O3S2. The highest BCUT2D eigenvalue weighted by Gasteiger charge is 2.40. The van der Waals surface area contributed by atoms with Crippen LogP contribution in [0.25, 0.3) is 0 Å². The summed E-state index contributed by atoms with van der Waals surface area (Å²) in [5, 5.41) is 3.21. The lowest BCUT2D eigenvalue weighted by molar-refractivity contribution is 0.353. The Morgan fingerprint density at radius 3 is 2.54 bits per heavy atom. The van der Waals surface area contributed by atoms with E-state index in [1.54, 1.807) is 13.8 Å². The van der Waals surface area contributed by atoms with Crippen LogP contribution in [-0.4, -0.2) is 65.9 Å². The van der Waals surface area contributed by atoms with E-state index in [-0.39, 0.29) is 29.7 Å². The van der Waals surface area contributed by atoms with Crippen LogP contribution in [0.5, 0.6) is 0 Å². The summed E-state index contributed by atoms with van der Waals surface area (Å²) in [7, 11) is -4.17. The fraction of sp³-hybridized carbons (Fsp3) is 0.588. The molecule has 148 valence electrons. The van der Waals surface area contributed by atoms with E-state index in [0.29, 0.717) is 37.9 Å². The van der Waals surface area contributed by atoms with Gasteiger partial charge in [-0.3, -0.25) is 9.20 Å². The topological polar surface area (TPSA) is 78.8 Å². The first-order valence-corrected chi connectivity index (χ1v) is 11.4. The van der Waals surface area contributed by atoms with Gasteiger partial charge in [0.05, 0.1) is 27.8 Å². The number of nitrogens with zero attached hydrogens (tertiary/aromatic N) is 2. The highest BCUT2D eigenvalue weighted by Crippen LogP contribution is 2.23. The maximum absolute atomic E-state index is 12.3. The minimum Gasteiger partial charge on any atom is -0.357 e. The van der Waals surface area contributed by atoms with Gasteiger partial charge in [-0.1, -0.05) is 18.2 Å². The van der Waals surface area contributed by atoms with E-state index in [1.165, 1.54) is 0 Å². The quantitative estimate of drug-likeness (QED) is 0.370. The Hall–Kier alpha value is -0.680. The van der Waals surface area contributed by atoms with Crippen molar-refractivity contribution in [1.82, 2.24) is 10.2 Å². The van der Waals surface area contributed by atoms with E-state index in [2.05, 4.69) is 10.3 Å². The lowest BCUT2D eigenvalue weighted by Crippen LogP contribution is -2.57. The van der Waals surface area contributed by atoms with Crippen molar-refractivity contribution in [2.75, 3.05) is 37.7 Å². The lowest BCUT2D eigenvalue weighted by Gasteiger charge is -2.39. The van der Waals surface area contributed by atoms with Gasteiger partial charge >= 0.3 is 0 Å². The molecule has 1 heterocycles. The van der Waals surface area contributed by atoms with Crippen LogP contribution in [0.2, 0.25) is 0 Å². The molecule has 0 aliphatic carbocycles. The number of nitrogens with one attached hydrogen (secondary N) is 1. The van der Waals surface area contributed by atoms with E-state index in [9.17, 15) is 12.6 Å². The van der Waals surface area contributed by atoms with Gasteiger partial charge in [-0.25, -0.2) is 8.42 Å². The van der Waals surface area contributed by atoms with Crippen LogP contribution in [0, 0.1) is 0 Å². The van der Waals surface area contributed by atoms with Crippen LogP contribution < -0.4 is 5.32 Å². The molecule has 2 rings (SSSR count). The molecule has 1 atom stereocenters. The second-order valence-electron chi connectivity index (χ2n) is 6.60. The molecule has 0 spiro atoms. The summed E-state index contributed by atoms with van der Waals surface area (Å²) in [6, 6.07) is 9.34. The molecule has 1 unspecified atom stereocenters. The Labute approximate surface area is 176 Å². The van der Waals surface area contributed by atoms with Crippen molar-refractivity contribution < 1.29 is 12.6 Å². The van der Waals surface area contributed by atoms with Crippen LogP contribution in [0.15, 0.2) is 40.2 Å². The van der Waals surface area contributed by atoms with Gasteiger partial charge < -0.3 is 10.2 Å². The van der Waals surface area contributed by atoms with Gasteiger partial charge in [0, 0.05) is 30.3 Å². The molecule has 1 aliphatic heterocycles. The third kappa shape index (κ3) is 5.91. The van der Waals surface area contributed by atoms with Crippen molar-refractivity contribution in [3.63, 3.8) is 0 Å². The Morgan fingerprint density at radius 2 is 1.96 bits per heavy atom. The molecule has 1 aromatic carbocycles. The zero-order chi connectivity index (χ0) is 18.5. The van der Waals surface area contributed by atoms with Crippen LogP contribution >= 0.6 is 24.0 Å². The average Bonchev–Trinajstić information content (AvgIpc) is 2.57. The third-order valence-electron chi connectivity index (χ3n) is 4.22. The van der Waals surface area contributed by atoms with Gasteiger partial charge in [-0.15, -0.1) is 24.0 Å². The Bertz CT molecular complexity index is 737. The first-order valence-electron chi connectivity index (χ1n) is 8.46. The van der Waals surface area contributed by atoms with Crippen molar-refractivity contribution in [2.24, 2.45) is 4.99 Å². The number of benzene rings is 1. The van der Waals surface area contributed by atoms with Crippen LogP contribution in [-0.2, 0) is 20.6 Å². The summed E-state index contributed by atoms with van der Waals surface area (Å²) in [4.78, 5) is 7.34. The van der Waals surface area contributed by atoms with E-state index in [4.69, 9.17) is 0 Å². The average molecular weight is 513 g/mol. The summed E-state index contributed by atoms with van der Waals surface area (Å²) < 4.78 is 35.8.